The van der Waals surface area contributed by atoms with E-state index in [9.17, 15) is 9.18 Å². The van der Waals surface area contributed by atoms with Crippen LogP contribution in [0.25, 0.3) is 0 Å². The number of benzene rings is 2. The highest BCUT2D eigenvalue weighted by Gasteiger charge is 2.33. The molecule has 5 heteroatoms. The van der Waals surface area contributed by atoms with E-state index in [0.29, 0.717) is 17.7 Å². The molecule has 0 spiro atoms. The Balaban J connectivity index is 1.96. The smallest absolute Gasteiger partial charge is 0.257 e. The van der Waals surface area contributed by atoms with Crippen molar-refractivity contribution in [3.05, 3.63) is 71.5 Å². The van der Waals surface area contributed by atoms with Gasteiger partial charge < -0.3 is 5.32 Å². The van der Waals surface area contributed by atoms with E-state index in [4.69, 9.17) is 0 Å². The molecule has 1 amide bonds. The van der Waals surface area contributed by atoms with Crippen molar-refractivity contribution in [2.75, 3.05) is 13.6 Å². The fourth-order valence-corrected chi connectivity index (χ4v) is 2.77. The SMILES string of the molecule is CNCC(=O)N1N=C(c2ccccc2F)CC1c1ccccc1. The number of carbonyl (C=O) groups is 1. The fraction of sp³-hybridized carbons (Fsp3) is 0.222. The number of nitrogens with one attached hydrogen (secondary N) is 1. The van der Waals surface area contributed by atoms with Gasteiger partial charge in [-0.1, -0.05) is 48.5 Å². The van der Waals surface area contributed by atoms with Crippen molar-refractivity contribution < 1.29 is 9.18 Å². The van der Waals surface area contributed by atoms with Gasteiger partial charge in [0.05, 0.1) is 18.3 Å². The molecule has 0 saturated heterocycles. The quantitative estimate of drug-likeness (QED) is 0.943. The van der Waals surface area contributed by atoms with Crippen LogP contribution in [0.15, 0.2) is 59.7 Å². The second kappa shape index (κ2) is 6.71. The number of nitrogens with zero attached hydrogens (tertiary/aromatic N) is 2. The lowest BCUT2D eigenvalue weighted by molar-refractivity contribution is -0.131. The monoisotopic (exact) mass is 311 g/mol. The van der Waals surface area contributed by atoms with E-state index < -0.39 is 0 Å². The Labute approximate surface area is 134 Å². The summed E-state index contributed by atoms with van der Waals surface area (Å²) in [5.41, 5.74) is 2.04. The largest absolute Gasteiger partial charge is 0.311 e. The van der Waals surface area contributed by atoms with Gasteiger partial charge in [-0.05, 0) is 18.7 Å². The topological polar surface area (TPSA) is 44.7 Å². The van der Waals surface area contributed by atoms with Crippen molar-refractivity contribution in [3.8, 4) is 0 Å². The third-order valence-electron chi connectivity index (χ3n) is 3.86. The van der Waals surface area contributed by atoms with Crippen LogP contribution in [0.1, 0.15) is 23.6 Å². The highest BCUT2D eigenvalue weighted by molar-refractivity contribution is 6.03. The van der Waals surface area contributed by atoms with Crippen LogP contribution in [0.2, 0.25) is 0 Å². The van der Waals surface area contributed by atoms with Gasteiger partial charge in [-0.3, -0.25) is 4.79 Å². The molecule has 0 aliphatic carbocycles. The first-order valence-corrected chi connectivity index (χ1v) is 7.54. The molecule has 2 aromatic carbocycles. The first-order valence-electron chi connectivity index (χ1n) is 7.54. The van der Waals surface area contributed by atoms with Gasteiger partial charge in [0, 0.05) is 12.0 Å². The van der Waals surface area contributed by atoms with E-state index in [0.717, 1.165) is 5.56 Å². The zero-order valence-electron chi connectivity index (χ0n) is 12.9. The van der Waals surface area contributed by atoms with E-state index >= 15 is 0 Å². The average molecular weight is 311 g/mol. The molecule has 1 atom stereocenters. The zero-order valence-corrected chi connectivity index (χ0v) is 12.9. The van der Waals surface area contributed by atoms with E-state index in [1.165, 1.54) is 11.1 Å². The summed E-state index contributed by atoms with van der Waals surface area (Å²) in [6.07, 6.45) is 0.500. The number of hydrogen-bond donors (Lipinski definition) is 1. The minimum absolute atomic E-state index is 0.132. The molecule has 2 aromatic rings. The molecule has 1 N–H and O–H groups in total. The molecule has 0 fully saturated rings. The first-order chi connectivity index (χ1) is 11.2. The molecular weight excluding hydrogens is 293 g/mol. The maximum absolute atomic E-state index is 14.1. The summed E-state index contributed by atoms with van der Waals surface area (Å²) in [6.45, 7) is 0.192. The fourth-order valence-electron chi connectivity index (χ4n) is 2.77. The van der Waals surface area contributed by atoms with Gasteiger partial charge in [-0.2, -0.15) is 5.10 Å². The standard InChI is InChI=1S/C18H18FN3O/c1-20-12-18(23)22-17(13-7-3-2-4-8-13)11-16(21-22)14-9-5-6-10-15(14)19/h2-10,17,20H,11-12H2,1H3. The third kappa shape index (κ3) is 3.14. The third-order valence-corrected chi connectivity index (χ3v) is 3.86. The molecule has 1 heterocycles. The Morgan fingerprint density at radius 2 is 1.91 bits per heavy atom. The van der Waals surface area contributed by atoms with Gasteiger partial charge in [0.2, 0.25) is 0 Å². The minimum Gasteiger partial charge on any atom is -0.311 e. The molecule has 1 aliphatic rings. The number of rotatable bonds is 4. The van der Waals surface area contributed by atoms with Gasteiger partial charge >= 0.3 is 0 Å². The van der Waals surface area contributed by atoms with Crippen LogP contribution in [0.5, 0.6) is 0 Å². The molecular formula is C18H18FN3O. The normalized spacial score (nSPS) is 17.2. The molecule has 3 rings (SSSR count). The van der Waals surface area contributed by atoms with Crippen molar-refractivity contribution >= 4 is 11.6 Å². The number of hydrogen-bond acceptors (Lipinski definition) is 3. The summed E-state index contributed by atoms with van der Waals surface area (Å²) < 4.78 is 14.1. The number of amides is 1. The first kappa shape index (κ1) is 15.4. The molecule has 1 unspecified atom stereocenters. The summed E-state index contributed by atoms with van der Waals surface area (Å²) in [5, 5.41) is 8.73. The molecule has 1 aliphatic heterocycles. The highest BCUT2D eigenvalue weighted by Crippen LogP contribution is 2.33. The van der Waals surface area contributed by atoms with Crippen molar-refractivity contribution in [3.63, 3.8) is 0 Å². The van der Waals surface area contributed by atoms with Crippen LogP contribution in [0, 0.1) is 5.82 Å². The second-order valence-corrected chi connectivity index (χ2v) is 5.43. The molecule has 0 bridgehead atoms. The van der Waals surface area contributed by atoms with E-state index in [2.05, 4.69) is 10.4 Å². The van der Waals surface area contributed by atoms with Gasteiger partial charge in [-0.25, -0.2) is 9.40 Å². The number of carbonyl (C=O) groups excluding carboxylic acids is 1. The Kier molecular flexibility index (Phi) is 4.48. The number of likely N-dealkylation sites (N-methyl/N-ethyl adjacent to an activating group) is 1. The summed E-state index contributed by atoms with van der Waals surface area (Å²) in [6, 6.07) is 16.0. The van der Waals surface area contributed by atoms with E-state index in [1.54, 1.807) is 25.2 Å². The van der Waals surface area contributed by atoms with Crippen molar-refractivity contribution in [2.45, 2.75) is 12.5 Å². The van der Waals surface area contributed by atoms with Crippen LogP contribution in [-0.4, -0.2) is 30.2 Å². The van der Waals surface area contributed by atoms with E-state index in [-0.39, 0.29) is 24.3 Å². The van der Waals surface area contributed by atoms with Crippen molar-refractivity contribution in [1.29, 1.82) is 0 Å². The lowest BCUT2D eigenvalue weighted by Gasteiger charge is -2.21. The van der Waals surface area contributed by atoms with Gasteiger partial charge in [0.25, 0.3) is 5.91 Å². The van der Waals surface area contributed by atoms with Gasteiger partial charge in [-0.15, -0.1) is 0 Å². The maximum Gasteiger partial charge on any atom is 0.257 e. The van der Waals surface area contributed by atoms with Crippen LogP contribution in [0.4, 0.5) is 4.39 Å². The van der Waals surface area contributed by atoms with Gasteiger partial charge in [0.1, 0.15) is 5.82 Å². The Hall–Kier alpha value is -2.53. The predicted molar refractivity (Wildman–Crippen MR) is 87.5 cm³/mol. The lowest BCUT2D eigenvalue weighted by Crippen LogP contribution is -2.34. The lowest BCUT2D eigenvalue weighted by atomic mass is 9.98. The second-order valence-electron chi connectivity index (χ2n) is 5.43. The van der Waals surface area contributed by atoms with Crippen LogP contribution in [0.3, 0.4) is 0 Å². The van der Waals surface area contributed by atoms with Crippen molar-refractivity contribution in [1.82, 2.24) is 10.3 Å². The summed E-state index contributed by atoms with van der Waals surface area (Å²) in [5.74, 6) is -0.450. The zero-order chi connectivity index (χ0) is 16.2. The average Bonchev–Trinajstić information content (AvgIpc) is 3.01. The molecule has 23 heavy (non-hydrogen) atoms. The van der Waals surface area contributed by atoms with Gasteiger partial charge in [0.15, 0.2) is 0 Å². The molecule has 0 saturated carbocycles. The Morgan fingerprint density at radius 3 is 2.61 bits per heavy atom. The number of halogens is 1. The molecule has 118 valence electrons. The maximum atomic E-state index is 14.1. The highest BCUT2D eigenvalue weighted by atomic mass is 19.1. The molecule has 0 radical (unpaired) electrons. The summed E-state index contributed by atoms with van der Waals surface area (Å²) in [4.78, 5) is 12.4. The minimum atomic E-state index is -0.319. The number of hydrazone groups is 1. The summed E-state index contributed by atoms with van der Waals surface area (Å²) >= 11 is 0. The molecule has 4 nitrogen and oxygen atoms in total. The van der Waals surface area contributed by atoms with E-state index in [1.807, 2.05) is 30.3 Å². The Bertz CT molecular complexity index is 730. The van der Waals surface area contributed by atoms with Crippen LogP contribution >= 0.6 is 0 Å². The summed E-state index contributed by atoms with van der Waals surface area (Å²) in [7, 11) is 1.72. The predicted octanol–water partition coefficient (Wildman–Crippen LogP) is 2.72. The van der Waals surface area contributed by atoms with Crippen molar-refractivity contribution in [2.24, 2.45) is 5.10 Å². The van der Waals surface area contributed by atoms with Crippen LogP contribution < -0.4 is 5.32 Å². The van der Waals surface area contributed by atoms with Crippen LogP contribution in [-0.2, 0) is 4.79 Å². The molecule has 0 aromatic heterocycles. The Morgan fingerprint density at radius 1 is 1.22 bits per heavy atom.